The minimum absolute atomic E-state index is 0.0368. The molecule has 0 aromatic carbocycles. The highest BCUT2D eigenvalue weighted by molar-refractivity contribution is 6.31. The van der Waals surface area contributed by atoms with Crippen molar-refractivity contribution < 1.29 is 14.7 Å². The number of carbonyl (C=O) groups is 2. The van der Waals surface area contributed by atoms with Gasteiger partial charge in [-0.15, -0.1) is 0 Å². The summed E-state index contributed by atoms with van der Waals surface area (Å²) in [5.74, 6) is -1.21. The summed E-state index contributed by atoms with van der Waals surface area (Å²) in [7, 11) is 0. The lowest BCUT2D eigenvalue weighted by Gasteiger charge is -2.37. The lowest BCUT2D eigenvalue weighted by atomic mass is 9.90. The first-order valence-electron chi connectivity index (χ1n) is 7.35. The van der Waals surface area contributed by atoms with Crippen LogP contribution >= 0.6 is 11.6 Å². The molecular formula is C15H21ClN2O3. The maximum Gasteiger partial charge on any atom is 0.326 e. The zero-order valence-corrected chi connectivity index (χ0v) is 13.1. The van der Waals surface area contributed by atoms with Gasteiger partial charge in [0.05, 0.1) is 5.02 Å². The molecule has 21 heavy (non-hydrogen) atoms. The average Bonchev–Trinajstić information content (AvgIpc) is 2.78. The summed E-state index contributed by atoms with van der Waals surface area (Å²) < 4.78 is 1.81. The van der Waals surface area contributed by atoms with Gasteiger partial charge in [-0.25, -0.2) is 4.79 Å². The summed E-state index contributed by atoms with van der Waals surface area (Å²) >= 11 is 6.00. The number of amides is 1. The van der Waals surface area contributed by atoms with E-state index >= 15 is 0 Å². The van der Waals surface area contributed by atoms with Crippen LogP contribution in [0.2, 0.25) is 5.02 Å². The number of aliphatic carboxylic acids is 1. The van der Waals surface area contributed by atoms with Crippen molar-refractivity contribution in [3.63, 3.8) is 0 Å². The molecule has 1 aliphatic rings. The molecule has 0 bridgehead atoms. The van der Waals surface area contributed by atoms with E-state index in [1.807, 2.05) is 18.4 Å². The molecule has 2 unspecified atom stereocenters. The number of carboxylic acids is 1. The molecule has 2 rings (SSSR count). The molecule has 116 valence electrons. The monoisotopic (exact) mass is 312 g/mol. The van der Waals surface area contributed by atoms with E-state index in [4.69, 9.17) is 11.6 Å². The lowest BCUT2D eigenvalue weighted by molar-refractivity contribution is -0.145. The number of carboxylic acid groups (broad SMARTS) is 1. The summed E-state index contributed by atoms with van der Waals surface area (Å²) in [5, 5.41) is 9.93. The fourth-order valence-electron chi connectivity index (χ4n) is 3.02. The number of aromatic nitrogens is 1. The SMILES string of the molecule is CCCn1cc(Cl)cc1C(=O)N1CCCC(C)C1C(=O)O. The summed E-state index contributed by atoms with van der Waals surface area (Å²) in [6, 6.07) is 0.868. The molecule has 0 saturated carbocycles. The Labute approximate surface area is 129 Å². The first-order chi connectivity index (χ1) is 9.95. The third-order valence-electron chi connectivity index (χ3n) is 3.99. The van der Waals surface area contributed by atoms with Gasteiger partial charge in [-0.05, 0) is 31.2 Å². The Balaban J connectivity index is 2.31. The van der Waals surface area contributed by atoms with Crippen LogP contribution in [-0.2, 0) is 11.3 Å². The highest BCUT2D eigenvalue weighted by Gasteiger charge is 2.38. The Morgan fingerprint density at radius 1 is 1.48 bits per heavy atom. The Morgan fingerprint density at radius 2 is 2.19 bits per heavy atom. The van der Waals surface area contributed by atoms with E-state index in [1.54, 1.807) is 12.3 Å². The van der Waals surface area contributed by atoms with Gasteiger partial charge in [0.15, 0.2) is 0 Å². The zero-order chi connectivity index (χ0) is 15.6. The largest absolute Gasteiger partial charge is 0.480 e. The molecule has 1 fully saturated rings. The topological polar surface area (TPSA) is 62.5 Å². The van der Waals surface area contributed by atoms with Crippen molar-refractivity contribution >= 4 is 23.5 Å². The molecule has 1 N–H and O–H groups in total. The van der Waals surface area contributed by atoms with E-state index in [9.17, 15) is 14.7 Å². The maximum absolute atomic E-state index is 12.8. The number of nitrogens with zero attached hydrogens (tertiary/aromatic N) is 2. The van der Waals surface area contributed by atoms with Crippen LogP contribution in [0.15, 0.2) is 12.3 Å². The Hall–Kier alpha value is -1.49. The van der Waals surface area contributed by atoms with Crippen LogP contribution in [0.1, 0.15) is 43.6 Å². The van der Waals surface area contributed by atoms with Crippen molar-refractivity contribution in [1.29, 1.82) is 0 Å². The van der Waals surface area contributed by atoms with Gasteiger partial charge in [0.1, 0.15) is 11.7 Å². The van der Waals surface area contributed by atoms with E-state index < -0.39 is 12.0 Å². The number of carbonyl (C=O) groups excluding carboxylic acids is 1. The molecular weight excluding hydrogens is 292 g/mol. The molecule has 1 amide bonds. The third-order valence-corrected chi connectivity index (χ3v) is 4.20. The van der Waals surface area contributed by atoms with E-state index in [1.165, 1.54) is 4.90 Å². The zero-order valence-electron chi connectivity index (χ0n) is 12.4. The van der Waals surface area contributed by atoms with Gasteiger partial charge in [0.25, 0.3) is 5.91 Å². The van der Waals surface area contributed by atoms with Gasteiger partial charge >= 0.3 is 5.97 Å². The molecule has 6 heteroatoms. The van der Waals surface area contributed by atoms with Crippen LogP contribution in [0, 0.1) is 5.92 Å². The summed E-state index contributed by atoms with van der Waals surface area (Å²) in [6.07, 6.45) is 4.27. The molecule has 5 nitrogen and oxygen atoms in total. The number of rotatable bonds is 4. The van der Waals surface area contributed by atoms with Crippen molar-refractivity contribution in [3.8, 4) is 0 Å². The molecule has 1 aromatic rings. The molecule has 1 saturated heterocycles. The minimum Gasteiger partial charge on any atom is -0.480 e. The van der Waals surface area contributed by atoms with Gasteiger partial charge in [-0.1, -0.05) is 25.4 Å². The normalized spacial score (nSPS) is 22.3. The fourth-order valence-corrected chi connectivity index (χ4v) is 3.24. The molecule has 1 aliphatic heterocycles. The number of hydrogen-bond donors (Lipinski definition) is 1. The fraction of sp³-hybridized carbons (Fsp3) is 0.600. The van der Waals surface area contributed by atoms with Crippen LogP contribution < -0.4 is 0 Å². The van der Waals surface area contributed by atoms with Gasteiger partial charge in [0.2, 0.25) is 0 Å². The van der Waals surface area contributed by atoms with Crippen LogP contribution in [0.3, 0.4) is 0 Å². The second kappa shape index (κ2) is 6.52. The van der Waals surface area contributed by atoms with Gasteiger partial charge in [-0.3, -0.25) is 4.79 Å². The first kappa shape index (κ1) is 15.9. The Kier molecular flexibility index (Phi) is 4.93. The minimum atomic E-state index is -0.935. The van der Waals surface area contributed by atoms with E-state index in [0.29, 0.717) is 23.8 Å². The second-order valence-corrected chi connectivity index (χ2v) is 6.07. The standard InChI is InChI=1S/C15H21ClN2O3/c1-3-6-17-9-11(16)8-12(17)14(19)18-7-4-5-10(2)13(18)15(20)21/h8-10,13H,3-7H2,1-2H3,(H,20,21). The second-order valence-electron chi connectivity index (χ2n) is 5.64. The number of aryl methyl sites for hydroxylation is 1. The van der Waals surface area contributed by atoms with E-state index in [0.717, 1.165) is 19.3 Å². The van der Waals surface area contributed by atoms with Crippen LogP contribution in [0.4, 0.5) is 0 Å². The van der Waals surface area contributed by atoms with Crippen molar-refractivity contribution in [3.05, 3.63) is 23.0 Å². The molecule has 2 atom stereocenters. The van der Waals surface area contributed by atoms with Crippen molar-refractivity contribution in [2.75, 3.05) is 6.54 Å². The smallest absolute Gasteiger partial charge is 0.326 e. The Bertz CT molecular complexity index is 541. The predicted molar refractivity (Wildman–Crippen MR) is 80.6 cm³/mol. The van der Waals surface area contributed by atoms with E-state index in [-0.39, 0.29) is 11.8 Å². The average molecular weight is 313 g/mol. The maximum atomic E-state index is 12.8. The van der Waals surface area contributed by atoms with E-state index in [2.05, 4.69) is 0 Å². The number of piperidine rings is 1. The predicted octanol–water partition coefficient (Wildman–Crippen LogP) is 2.88. The summed E-state index contributed by atoms with van der Waals surface area (Å²) in [5.41, 5.74) is 0.474. The number of hydrogen-bond acceptors (Lipinski definition) is 2. The van der Waals surface area contributed by atoms with Gasteiger partial charge in [0, 0.05) is 19.3 Å². The van der Waals surface area contributed by atoms with Crippen LogP contribution in [-0.4, -0.2) is 39.0 Å². The highest BCUT2D eigenvalue weighted by Crippen LogP contribution is 2.26. The van der Waals surface area contributed by atoms with Gasteiger partial charge < -0.3 is 14.6 Å². The molecule has 2 heterocycles. The van der Waals surface area contributed by atoms with Crippen LogP contribution in [0.5, 0.6) is 0 Å². The van der Waals surface area contributed by atoms with Crippen molar-refractivity contribution in [2.24, 2.45) is 5.92 Å². The highest BCUT2D eigenvalue weighted by atomic mass is 35.5. The molecule has 0 spiro atoms. The first-order valence-corrected chi connectivity index (χ1v) is 7.73. The Morgan fingerprint density at radius 3 is 2.81 bits per heavy atom. The quantitative estimate of drug-likeness (QED) is 0.930. The molecule has 0 aliphatic carbocycles. The summed E-state index contributed by atoms with van der Waals surface area (Å²) in [6.45, 7) is 5.07. The number of likely N-dealkylation sites (tertiary alicyclic amines) is 1. The lowest BCUT2D eigenvalue weighted by Crippen LogP contribution is -2.52. The number of halogens is 1. The molecule has 1 aromatic heterocycles. The van der Waals surface area contributed by atoms with Crippen molar-refractivity contribution in [2.45, 2.75) is 45.7 Å². The summed E-state index contributed by atoms with van der Waals surface area (Å²) in [4.78, 5) is 25.7. The third kappa shape index (κ3) is 3.23. The van der Waals surface area contributed by atoms with Crippen molar-refractivity contribution in [1.82, 2.24) is 9.47 Å². The molecule has 0 radical (unpaired) electrons. The van der Waals surface area contributed by atoms with Crippen LogP contribution in [0.25, 0.3) is 0 Å². The van der Waals surface area contributed by atoms with Gasteiger partial charge in [-0.2, -0.15) is 0 Å².